The van der Waals surface area contributed by atoms with Crippen LogP contribution in [0.15, 0.2) is 24.3 Å². The lowest BCUT2D eigenvalue weighted by molar-refractivity contribution is 0.102. The summed E-state index contributed by atoms with van der Waals surface area (Å²) in [6.45, 7) is 5.80. The monoisotopic (exact) mass is 338 g/mol. The molecule has 0 saturated carbocycles. The second-order valence-corrected chi connectivity index (χ2v) is 6.88. The summed E-state index contributed by atoms with van der Waals surface area (Å²) in [6, 6.07) is 7.79. The fourth-order valence-electron chi connectivity index (χ4n) is 1.88. The third-order valence-corrected chi connectivity index (χ3v) is 4.31. The normalized spacial score (nSPS) is 12.2. The van der Waals surface area contributed by atoms with E-state index >= 15 is 0 Å². The maximum absolute atomic E-state index is 12.3. The Bertz CT molecular complexity index is 607. The lowest BCUT2D eigenvalue weighted by Crippen LogP contribution is -2.13. The highest BCUT2D eigenvalue weighted by Gasteiger charge is 2.16. The predicted molar refractivity (Wildman–Crippen MR) is 83.3 cm³/mol. The molecule has 0 fully saturated rings. The van der Waals surface area contributed by atoms with Crippen LogP contribution < -0.4 is 5.32 Å². The smallest absolute Gasteiger partial charge is 0.267 e. The lowest BCUT2D eigenvalue weighted by atomic mass is 10.1. The predicted octanol–water partition coefficient (Wildman–Crippen LogP) is 4.47. The Hall–Kier alpha value is -1.20. The highest BCUT2D eigenvalue weighted by Crippen LogP contribution is 2.29. The summed E-state index contributed by atoms with van der Waals surface area (Å²) in [7, 11) is 0. The number of anilines is 1. The maximum atomic E-state index is 12.3. The van der Waals surface area contributed by atoms with Gasteiger partial charge in [0.1, 0.15) is 4.88 Å². The van der Waals surface area contributed by atoms with E-state index in [1.165, 1.54) is 11.3 Å². The van der Waals surface area contributed by atoms with Crippen molar-refractivity contribution in [2.24, 2.45) is 0 Å². The second kappa shape index (κ2) is 5.84. The van der Waals surface area contributed by atoms with Gasteiger partial charge in [-0.1, -0.05) is 34.1 Å². The molecule has 1 aromatic heterocycles. The van der Waals surface area contributed by atoms with Crippen LogP contribution in [0.1, 0.15) is 37.7 Å². The van der Waals surface area contributed by atoms with Gasteiger partial charge in [-0.3, -0.25) is 4.79 Å². The molecule has 5 heteroatoms. The molecule has 1 amide bonds. The Morgan fingerprint density at radius 2 is 2.05 bits per heavy atom. The Morgan fingerprint density at radius 1 is 1.37 bits per heavy atom. The summed E-state index contributed by atoms with van der Waals surface area (Å²) in [5, 5.41) is 3.87. The molecular formula is C14H15BrN2OS. The summed E-state index contributed by atoms with van der Waals surface area (Å²) in [6.07, 6.45) is 0. The molecule has 19 heavy (non-hydrogen) atoms. The minimum atomic E-state index is -0.0938. The SMILES string of the molecule is Cc1nc(C)c(C(=O)Nc2ccccc2C(C)Br)s1. The molecule has 0 aliphatic carbocycles. The van der Waals surface area contributed by atoms with Gasteiger partial charge in [0.2, 0.25) is 0 Å². The van der Waals surface area contributed by atoms with Crippen molar-refractivity contribution in [1.82, 2.24) is 4.98 Å². The number of carbonyl (C=O) groups is 1. The zero-order valence-electron chi connectivity index (χ0n) is 11.0. The molecule has 0 bridgehead atoms. The minimum Gasteiger partial charge on any atom is -0.321 e. The van der Waals surface area contributed by atoms with Crippen LogP contribution in [0.5, 0.6) is 0 Å². The molecule has 0 spiro atoms. The molecule has 0 radical (unpaired) electrons. The Labute approximate surface area is 125 Å². The Balaban J connectivity index is 2.27. The van der Waals surface area contributed by atoms with E-state index in [1.807, 2.05) is 45.0 Å². The second-order valence-electron chi connectivity index (χ2n) is 4.30. The first-order valence-electron chi connectivity index (χ1n) is 5.97. The third-order valence-electron chi connectivity index (χ3n) is 2.75. The van der Waals surface area contributed by atoms with Gasteiger partial charge in [0.25, 0.3) is 5.91 Å². The van der Waals surface area contributed by atoms with Gasteiger partial charge in [0, 0.05) is 10.5 Å². The standard InChI is InChI=1S/C14H15BrN2OS/c1-8(15)11-6-4-5-7-12(11)17-14(18)13-9(2)16-10(3)19-13/h4-8H,1-3H3,(H,17,18). The van der Waals surface area contributed by atoms with Crippen molar-refractivity contribution in [3.8, 4) is 0 Å². The Kier molecular flexibility index (Phi) is 4.37. The van der Waals surface area contributed by atoms with Crippen LogP contribution in [-0.2, 0) is 0 Å². The number of aryl methyl sites for hydroxylation is 2. The number of nitrogens with one attached hydrogen (secondary N) is 1. The number of halogens is 1. The minimum absolute atomic E-state index is 0.0938. The van der Waals surface area contributed by atoms with E-state index in [9.17, 15) is 4.79 Å². The van der Waals surface area contributed by atoms with Gasteiger partial charge in [-0.2, -0.15) is 0 Å². The fraction of sp³-hybridized carbons (Fsp3) is 0.286. The van der Waals surface area contributed by atoms with Gasteiger partial charge in [-0.15, -0.1) is 11.3 Å². The van der Waals surface area contributed by atoms with Crippen LogP contribution in [-0.4, -0.2) is 10.9 Å². The van der Waals surface area contributed by atoms with Crippen LogP contribution in [0.4, 0.5) is 5.69 Å². The van der Waals surface area contributed by atoms with Crippen molar-refractivity contribution in [2.75, 3.05) is 5.32 Å². The number of hydrogen-bond acceptors (Lipinski definition) is 3. The summed E-state index contributed by atoms with van der Waals surface area (Å²) in [4.78, 5) is 17.4. The zero-order chi connectivity index (χ0) is 14.0. The summed E-state index contributed by atoms with van der Waals surface area (Å²) >= 11 is 4.96. The number of carbonyl (C=O) groups excluding carboxylic acids is 1. The molecule has 1 aromatic carbocycles. The summed E-state index contributed by atoms with van der Waals surface area (Å²) < 4.78 is 0. The molecule has 1 N–H and O–H groups in total. The molecule has 1 unspecified atom stereocenters. The molecule has 0 saturated heterocycles. The first kappa shape index (κ1) is 14.2. The number of amides is 1. The van der Waals surface area contributed by atoms with Crippen LogP contribution in [0.3, 0.4) is 0 Å². The largest absolute Gasteiger partial charge is 0.321 e. The van der Waals surface area contributed by atoms with Crippen molar-refractivity contribution in [3.63, 3.8) is 0 Å². The van der Waals surface area contributed by atoms with Crippen molar-refractivity contribution < 1.29 is 4.79 Å². The lowest BCUT2D eigenvalue weighted by Gasteiger charge is -2.12. The summed E-state index contributed by atoms with van der Waals surface area (Å²) in [5.41, 5.74) is 2.68. The average molecular weight is 339 g/mol. The van der Waals surface area contributed by atoms with Crippen LogP contribution >= 0.6 is 27.3 Å². The van der Waals surface area contributed by atoms with Crippen LogP contribution in [0.2, 0.25) is 0 Å². The molecule has 0 aliphatic heterocycles. The van der Waals surface area contributed by atoms with Gasteiger partial charge in [-0.25, -0.2) is 4.98 Å². The molecular weight excluding hydrogens is 324 g/mol. The summed E-state index contributed by atoms with van der Waals surface area (Å²) in [5.74, 6) is -0.0938. The Morgan fingerprint density at radius 3 is 2.63 bits per heavy atom. The van der Waals surface area contributed by atoms with E-state index in [0.29, 0.717) is 4.88 Å². The molecule has 1 atom stereocenters. The average Bonchev–Trinajstić information content (AvgIpc) is 2.69. The van der Waals surface area contributed by atoms with E-state index < -0.39 is 0 Å². The molecule has 1 heterocycles. The van der Waals surface area contributed by atoms with Gasteiger partial charge in [-0.05, 0) is 32.4 Å². The quantitative estimate of drug-likeness (QED) is 0.839. The fourth-order valence-corrected chi connectivity index (χ4v) is 3.09. The highest BCUT2D eigenvalue weighted by atomic mass is 79.9. The highest BCUT2D eigenvalue weighted by molar-refractivity contribution is 9.09. The number of para-hydroxylation sites is 1. The number of nitrogens with zero attached hydrogens (tertiary/aromatic N) is 1. The maximum Gasteiger partial charge on any atom is 0.267 e. The zero-order valence-corrected chi connectivity index (χ0v) is 13.4. The molecule has 2 rings (SSSR count). The van der Waals surface area contributed by atoms with Crippen LogP contribution in [0.25, 0.3) is 0 Å². The van der Waals surface area contributed by atoms with E-state index in [-0.39, 0.29) is 10.7 Å². The van der Waals surface area contributed by atoms with Gasteiger partial charge >= 0.3 is 0 Å². The van der Waals surface area contributed by atoms with Crippen molar-refractivity contribution in [3.05, 3.63) is 45.4 Å². The van der Waals surface area contributed by atoms with E-state index in [2.05, 4.69) is 26.2 Å². The van der Waals surface area contributed by atoms with Gasteiger partial charge < -0.3 is 5.32 Å². The topological polar surface area (TPSA) is 42.0 Å². The number of hydrogen-bond donors (Lipinski definition) is 1. The number of rotatable bonds is 3. The van der Waals surface area contributed by atoms with Crippen molar-refractivity contribution >= 4 is 38.9 Å². The van der Waals surface area contributed by atoms with Crippen molar-refractivity contribution in [2.45, 2.75) is 25.6 Å². The molecule has 2 aromatic rings. The van der Waals surface area contributed by atoms with E-state index in [4.69, 9.17) is 0 Å². The van der Waals surface area contributed by atoms with E-state index in [1.54, 1.807) is 0 Å². The third kappa shape index (κ3) is 3.22. The molecule has 3 nitrogen and oxygen atoms in total. The number of thiazole rings is 1. The number of alkyl halides is 1. The first-order valence-corrected chi connectivity index (χ1v) is 7.70. The number of benzene rings is 1. The van der Waals surface area contributed by atoms with E-state index in [0.717, 1.165) is 22.0 Å². The molecule has 0 aliphatic rings. The van der Waals surface area contributed by atoms with Gasteiger partial charge in [0.15, 0.2) is 0 Å². The van der Waals surface area contributed by atoms with Crippen LogP contribution in [0, 0.1) is 13.8 Å². The first-order chi connectivity index (χ1) is 8.99. The molecule has 100 valence electrons. The number of aromatic nitrogens is 1. The van der Waals surface area contributed by atoms with Gasteiger partial charge in [0.05, 0.1) is 10.7 Å². The van der Waals surface area contributed by atoms with Crippen molar-refractivity contribution in [1.29, 1.82) is 0 Å².